The predicted molar refractivity (Wildman–Crippen MR) is 96.1 cm³/mol. The number of amides is 1. The Morgan fingerprint density at radius 1 is 1.19 bits per heavy atom. The van der Waals surface area contributed by atoms with Crippen molar-refractivity contribution in [2.45, 2.75) is 17.9 Å². The predicted octanol–water partition coefficient (Wildman–Crippen LogP) is 2.02. The number of sulfonamides is 1. The van der Waals surface area contributed by atoms with Crippen LogP contribution in [0.4, 0.5) is 0 Å². The minimum atomic E-state index is -4.09. The average molecular weight is 397 g/mol. The van der Waals surface area contributed by atoms with Crippen molar-refractivity contribution in [3.05, 3.63) is 64.7 Å². The molecule has 2 aromatic rings. The number of hydrogen-bond acceptors (Lipinski definition) is 5. The first-order chi connectivity index (χ1) is 12.2. The maximum absolute atomic E-state index is 12.0. The Balaban J connectivity index is 1.97. The lowest BCUT2D eigenvalue weighted by Gasteiger charge is -2.14. The molecule has 3 N–H and O–H groups in total. The molecule has 26 heavy (non-hydrogen) atoms. The van der Waals surface area contributed by atoms with Crippen LogP contribution >= 0.6 is 11.6 Å². The van der Waals surface area contributed by atoms with E-state index in [1.165, 1.54) is 12.1 Å². The summed E-state index contributed by atoms with van der Waals surface area (Å²) in [4.78, 5) is 23.5. The second-order valence-electron chi connectivity index (χ2n) is 5.47. The number of nitrogens with one attached hydrogen (secondary N) is 1. The van der Waals surface area contributed by atoms with Gasteiger partial charge in [0.25, 0.3) is 5.91 Å². The standard InChI is InChI=1S/C17H17ClN2O5S/c1-11(12-5-3-2-4-6-12)20-16(21)10-25-17(22)13-7-8-14(18)15(9-13)26(19,23)24/h2-9,11H,10H2,1H3,(H,20,21)(H2,19,23,24). The summed E-state index contributed by atoms with van der Waals surface area (Å²) < 4.78 is 27.8. The number of carbonyl (C=O) groups excluding carboxylic acids is 2. The topological polar surface area (TPSA) is 116 Å². The highest BCUT2D eigenvalue weighted by molar-refractivity contribution is 7.89. The van der Waals surface area contributed by atoms with E-state index in [4.69, 9.17) is 21.5 Å². The largest absolute Gasteiger partial charge is 0.452 e. The quantitative estimate of drug-likeness (QED) is 0.724. The number of esters is 1. The Hall–Kier alpha value is -2.42. The lowest BCUT2D eigenvalue weighted by Crippen LogP contribution is -2.31. The number of halogens is 1. The number of carbonyl (C=O) groups is 2. The van der Waals surface area contributed by atoms with Crippen LogP contribution in [0, 0.1) is 0 Å². The fourth-order valence-electron chi connectivity index (χ4n) is 2.17. The molecule has 0 aliphatic carbocycles. The van der Waals surface area contributed by atoms with Gasteiger partial charge in [-0.25, -0.2) is 18.4 Å². The summed E-state index contributed by atoms with van der Waals surface area (Å²) in [6.07, 6.45) is 0. The van der Waals surface area contributed by atoms with Crippen LogP contribution in [0.25, 0.3) is 0 Å². The minimum Gasteiger partial charge on any atom is -0.452 e. The van der Waals surface area contributed by atoms with Crippen LogP contribution in [-0.2, 0) is 19.6 Å². The molecule has 0 aromatic heterocycles. The van der Waals surface area contributed by atoms with E-state index in [9.17, 15) is 18.0 Å². The van der Waals surface area contributed by atoms with Gasteiger partial charge >= 0.3 is 5.97 Å². The lowest BCUT2D eigenvalue weighted by molar-refractivity contribution is -0.124. The number of nitrogens with two attached hydrogens (primary N) is 1. The molecule has 2 rings (SSSR count). The van der Waals surface area contributed by atoms with Crippen LogP contribution in [0.1, 0.15) is 28.9 Å². The first-order valence-electron chi connectivity index (χ1n) is 7.52. The molecule has 0 spiro atoms. The number of rotatable bonds is 6. The van der Waals surface area contributed by atoms with Gasteiger partial charge in [0.1, 0.15) is 4.90 Å². The fourth-order valence-corrected chi connectivity index (χ4v) is 3.24. The molecule has 1 amide bonds. The maximum atomic E-state index is 12.0. The highest BCUT2D eigenvalue weighted by Gasteiger charge is 2.18. The SMILES string of the molecule is CC(NC(=O)COC(=O)c1ccc(Cl)c(S(N)(=O)=O)c1)c1ccccc1. The van der Waals surface area contributed by atoms with Crippen LogP contribution in [0.15, 0.2) is 53.4 Å². The molecule has 0 heterocycles. The summed E-state index contributed by atoms with van der Waals surface area (Å²) in [6, 6.07) is 12.5. The molecule has 0 bridgehead atoms. The molecular weight excluding hydrogens is 380 g/mol. The van der Waals surface area contributed by atoms with E-state index in [2.05, 4.69) is 5.32 Å². The van der Waals surface area contributed by atoms with Crippen molar-refractivity contribution in [1.29, 1.82) is 0 Å². The van der Waals surface area contributed by atoms with E-state index in [0.29, 0.717) is 0 Å². The van der Waals surface area contributed by atoms with Crippen molar-refractivity contribution in [2.75, 3.05) is 6.61 Å². The number of benzene rings is 2. The molecular formula is C17H17ClN2O5S. The molecule has 0 saturated heterocycles. The Kier molecular flexibility index (Phi) is 6.36. The highest BCUT2D eigenvalue weighted by Crippen LogP contribution is 2.21. The lowest BCUT2D eigenvalue weighted by atomic mass is 10.1. The zero-order valence-electron chi connectivity index (χ0n) is 13.8. The van der Waals surface area contributed by atoms with Gasteiger partial charge in [-0.15, -0.1) is 0 Å². The monoisotopic (exact) mass is 396 g/mol. The van der Waals surface area contributed by atoms with Crippen LogP contribution in [0.5, 0.6) is 0 Å². The Bertz CT molecular complexity index is 916. The van der Waals surface area contributed by atoms with Gasteiger partial charge in [-0.2, -0.15) is 0 Å². The van der Waals surface area contributed by atoms with Crippen LogP contribution in [-0.4, -0.2) is 26.9 Å². The summed E-state index contributed by atoms with van der Waals surface area (Å²) in [6.45, 7) is 1.29. The molecule has 1 unspecified atom stereocenters. The van der Waals surface area contributed by atoms with E-state index < -0.39 is 33.4 Å². The third-order valence-electron chi connectivity index (χ3n) is 3.48. The summed E-state index contributed by atoms with van der Waals surface area (Å²) >= 11 is 5.75. The molecule has 138 valence electrons. The molecule has 0 radical (unpaired) electrons. The van der Waals surface area contributed by atoms with Crippen LogP contribution in [0.2, 0.25) is 5.02 Å². The van der Waals surface area contributed by atoms with Gasteiger partial charge in [-0.1, -0.05) is 41.9 Å². The molecule has 7 nitrogen and oxygen atoms in total. The zero-order chi connectivity index (χ0) is 19.3. The van der Waals surface area contributed by atoms with Gasteiger partial charge in [-0.05, 0) is 30.7 Å². The minimum absolute atomic E-state index is 0.0812. The molecule has 0 fully saturated rings. The van der Waals surface area contributed by atoms with Crippen molar-refractivity contribution in [3.63, 3.8) is 0 Å². The van der Waals surface area contributed by atoms with Crippen molar-refractivity contribution in [2.24, 2.45) is 5.14 Å². The van der Waals surface area contributed by atoms with Gasteiger partial charge in [-0.3, -0.25) is 4.79 Å². The zero-order valence-corrected chi connectivity index (χ0v) is 15.4. The van der Waals surface area contributed by atoms with Crippen molar-refractivity contribution in [1.82, 2.24) is 5.32 Å². The summed E-state index contributed by atoms with van der Waals surface area (Å²) in [7, 11) is -4.09. The van der Waals surface area contributed by atoms with Crippen LogP contribution < -0.4 is 10.5 Å². The molecule has 9 heteroatoms. The van der Waals surface area contributed by atoms with Crippen molar-refractivity contribution < 1.29 is 22.7 Å². The number of ether oxygens (including phenoxy) is 1. The number of primary sulfonamides is 1. The highest BCUT2D eigenvalue weighted by atomic mass is 35.5. The summed E-state index contributed by atoms with van der Waals surface area (Å²) in [5, 5.41) is 7.61. The first-order valence-corrected chi connectivity index (χ1v) is 9.44. The van der Waals surface area contributed by atoms with Gasteiger partial charge in [0, 0.05) is 0 Å². The Labute approximate surface area is 156 Å². The van der Waals surface area contributed by atoms with Gasteiger partial charge in [0.05, 0.1) is 16.6 Å². The van der Waals surface area contributed by atoms with Gasteiger partial charge < -0.3 is 10.1 Å². The molecule has 0 aliphatic heterocycles. The molecule has 1 atom stereocenters. The molecule has 0 saturated carbocycles. The second-order valence-corrected chi connectivity index (χ2v) is 7.40. The Morgan fingerprint density at radius 3 is 2.46 bits per heavy atom. The molecule has 2 aromatic carbocycles. The normalized spacial score (nSPS) is 12.3. The summed E-state index contributed by atoms with van der Waals surface area (Å²) in [5.74, 6) is -1.36. The van der Waals surface area contributed by atoms with E-state index in [1.807, 2.05) is 30.3 Å². The van der Waals surface area contributed by atoms with E-state index in [0.717, 1.165) is 11.6 Å². The first kappa shape index (κ1) is 19.9. The maximum Gasteiger partial charge on any atom is 0.338 e. The third kappa shape index (κ3) is 5.29. The third-order valence-corrected chi connectivity index (χ3v) is 4.88. The van der Waals surface area contributed by atoms with E-state index in [-0.39, 0.29) is 16.6 Å². The smallest absolute Gasteiger partial charge is 0.338 e. The second kappa shape index (κ2) is 8.31. The van der Waals surface area contributed by atoms with Gasteiger partial charge in [0.15, 0.2) is 6.61 Å². The van der Waals surface area contributed by atoms with Crippen molar-refractivity contribution >= 4 is 33.5 Å². The molecule has 0 aliphatic rings. The fraction of sp³-hybridized carbons (Fsp3) is 0.176. The number of hydrogen-bond donors (Lipinski definition) is 2. The van der Waals surface area contributed by atoms with E-state index >= 15 is 0 Å². The Morgan fingerprint density at radius 2 is 1.85 bits per heavy atom. The summed E-state index contributed by atoms with van der Waals surface area (Å²) in [5.41, 5.74) is 0.824. The van der Waals surface area contributed by atoms with Gasteiger partial charge in [0.2, 0.25) is 10.0 Å². The van der Waals surface area contributed by atoms with Crippen molar-refractivity contribution in [3.8, 4) is 0 Å². The van der Waals surface area contributed by atoms with Crippen LogP contribution in [0.3, 0.4) is 0 Å². The average Bonchev–Trinajstić information content (AvgIpc) is 2.59. The van der Waals surface area contributed by atoms with E-state index in [1.54, 1.807) is 6.92 Å².